The Labute approximate surface area is 144 Å². The molecule has 132 valence electrons. The first-order chi connectivity index (χ1) is 11.1. The summed E-state index contributed by atoms with van der Waals surface area (Å²) in [4.78, 5) is 21.7. The zero-order chi connectivity index (χ0) is 18.3. The number of carboxylic acids is 1. The van der Waals surface area contributed by atoms with E-state index in [4.69, 9.17) is 9.84 Å². The third-order valence-electron chi connectivity index (χ3n) is 4.09. The Kier molecular flexibility index (Phi) is 7.20. The first kappa shape index (κ1) is 19.9. The van der Waals surface area contributed by atoms with E-state index in [0.29, 0.717) is 5.41 Å². The van der Waals surface area contributed by atoms with Crippen LogP contribution in [0.25, 0.3) is 0 Å². The monoisotopic (exact) mass is 332 g/mol. The quantitative estimate of drug-likeness (QED) is 0.476. The van der Waals surface area contributed by atoms with Gasteiger partial charge in [0.25, 0.3) is 0 Å². The molecule has 0 saturated heterocycles. The Morgan fingerprint density at radius 3 is 2.46 bits per heavy atom. The topological polar surface area (TPSA) is 63.6 Å². The summed E-state index contributed by atoms with van der Waals surface area (Å²) >= 11 is 0. The van der Waals surface area contributed by atoms with Crippen molar-refractivity contribution in [2.24, 2.45) is 11.3 Å². The molecular formula is C20H28O4. The van der Waals surface area contributed by atoms with Gasteiger partial charge in [0.15, 0.2) is 0 Å². The number of hydrogen-bond donors (Lipinski definition) is 1. The lowest BCUT2D eigenvalue weighted by atomic mass is 9.73. The minimum absolute atomic E-state index is 0.0713. The fraction of sp³-hybridized carbons (Fsp3) is 0.500. The van der Waals surface area contributed by atoms with E-state index in [1.165, 1.54) is 56.9 Å². The predicted molar refractivity (Wildman–Crippen MR) is 95.3 cm³/mol. The SMILES string of the molecule is C=C(C)C(=O)Oc1cccc(C(=O)O)c1.CC1CCCC(C)(C)C1. The second-order valence-corrected chi connectivity index (χ2v) is 7.37. The van der Waals surface area contributed by atoms with Gasteiger partial charge in [-0.05, 0) is 49.3 Å². The van der Waals surface area contributed by atoms with E-state index >= 15 is 0 Å². The van der Waals surface area contributed by atoms with Crippen molar-refractivity contribution in [3.05, 3.63) is 42.0 Å². The van der Waals surface area contributed by atoms with Gasteiger partial charge in [0.05, 0.1) is 5.56 Å². The highest BCUT2D eigenvalue weighted by atomic mass is 16.5. The number of aromatic carboxylic acids is 1. The van der Waals surface area contributed by atoms with Crippen molar-refractivity contribution in [3.8, 4) is 5.75 Å². The highest BCUT2D eigenvalue weighted by molar-refractivity contribution is 5.90. The lowest BCUT2D eigenvalue weighted by Gasteiger charge is -2.33. The van der Waals surface area contributed by atoms with Crippen LogP contribution in [0, 0.1) is 11.3 Å². The first-order valence-corrected chi connectivity index (χ1v) is 8.32. The molecule has 1 saturated carbocycles. The van der Waals surface area contributed by atoms with Crippen LogP contribution in [0.4, 0.5) is 0 Å². The smallest absolute Gasteiger partial charge is 0.338 e. The van der Waals surface area contributed by atoms with E-state index in [1.54, 1.807) is 0 Å². The lowest BCUT2D eigenvalue weighted by Crippen LogP contribution is -2.20. The van der Waals surface area contributed by atoms with Crippen molar-refractivity contribution >= 4 is 11.9 Å². The summed E-state index contributed by atoms with van der Waals surface area (Å²) in [5, 5.41) is 8.69. The number of esters is 1. The van der Waals surface area contributed by atoms with Gasteiger partial charge in [0.1, 0.15) is 5.75 Å². The maximum Gasteiger partial charge on any atom is 0.338 e. The molecule has 2 rings (SSSR count). The molecule has 4 nitrogen and oxygen atoms in total. The second kappa shape index (κ2) is 8.67. The molecule has 1 aliphatic rings. The van der Waals surface area contributed by atoms with Crippen LogP contribution in [0.1, 0.15) is 63.7 Å². The summed E-state index contributed by atoms with van der Waals surface area (Å²) in [5.74, 6) is -0.461. The van der Waals surface area contributed by atoms with E-state index < -0.39 is 11.9 Å². The number of carbonyl (C=O) groups is 2. The highest BCUT2D eigenvalue weighted by Crippen LogP contribution is 2.37. The molecule has 1 atom stereocenters. The third-order valence-corrected chi connectivity index (χ3v) is 4.09. The molecule has 0 heterocycles. The van der Waals surface area contributed by atoms with Gasteiger partial charge in [-0.25, -0.2) is 9.59 Å². The minimum atomic E-state index is -1.07. The summed E-state index contributed by atoms with van der Waals surface area (Å²) in [6.45, 7) is 12.1. The predicted octanol–water partition coefficient (Wildman–Crippen LogP) is 5.09. The van der Waals surface area contributed by atoms with E-state index in [-0.39, 0.29) is 16.9 Å². The standard InChI is InChI=1S/C11H10O4.C9H18/c1-7(2)11(14)15-9-5-3-4-8(6-9)10(12)13;1-8-5-4-6-9(2,3)7-8/h3-6H,1H2,2H3,(H,12,13);8H,4-7H2,1-3H3. The van der Waals surface area contributed by atoms with Gasteiger partial charge < -0.3 is 9.84 Å². The summed E-state index contributed by atoms with van der Waals surface area (Å²) in [6.07, 6.45) is 5.79. The van der Waals surface area contributed by atoms with Crippen LogP contribution in [0.15, 0.2) is 36.4 Å². The van der Waals surface area contributed by atoms with Gasteiger partial charge >= 0.3 is 11.9 Å². The van der Waals surface area contributed by atoms with Crippen molar-refractivity contribution in [1.82, 2.24) is 0 Å². The molecule has 0 bridgehead atoms. The molecule has 1 aliphatic carbocycles. The molecule has 1 fully saturated rings. The molecular weight excluding hydrogens is 304 g/mol. The molecule has 0 radical (unpaired) electrons. The highest BCUT2D eigenvalue weighted by Gasteiger charge is 2.24. The van der Waals surface area contributed by atoms with Crippen molar-refractivity contribution in [1.29, 1.82) is 0 Å². The van der Waals surface area contributed by atoms with Crippen molar-refractivity contribution in [2.45, 2.75) is 53.4 Å². The van der Waals surface area contributed by atoms with Crippen molar-refractivity contribution in [2.75, 3.05) is 0 Å². The number of ether oxygens (including phenoxy) is 1. The van der Waals surface area contributed by atoms with Crippen molar-refractivity contribution in [3.63, 3.8) is 0 Å². The maximum atomic E-state index is 11.1. The van der Waals surface area contributed by atoms with E-state index in [9.17, 15) is 9.59 Å². The molecule has 1 N–H and O–H groups in total. The minimum Gasteiger partial charge on any atom is -0.478 e. The molecule has 0 aliphatic heterocycles. The Bertz CT molecular complexity index is 601. The molecule has 0 amide bonds. The number of rotatable bonds is 3. The van der Waals surface area contributed by atoms with Crippen LogP contribution < -0.4 is 4.74 Å². The van der Waals surface area contributed by atoms with Crippen LogP contribution in [0.2, 0.25) is 0 Å². The Morgan fingerprint density at radius 1 is 1.33 bits per heavy atom. The molecule has 0 spiro atoms. The fourth-order valence-corrected chi connectivity index (χ4v) is 2.96. The Morgan fingerprint density at radius 2 is 2.00 bits per heavy atom. The number of hydrogen-bond acceptors (Lipinski definition) is 3. The normalized spacial score (nSPS) is 18.8. The zero-order valence-electron chi connectivity index (χ0n) is 15.1. The van der Waals surface area contributed by atoms with E-state index in [2.05, 4.69) is 27.4 Å². The van der Waals surface area contributed by atoms with Gasteiger partial charge in [-0.15, -0.1) is 0 Å². The molecule has 24 heavy (non-hydrogen) atoms. The largest absolute Gasteiger partial charge is 0.478 e. The number of benzene rings is 1. The number of carboxylic acid groups (broad SMARTS) is 1. The van der Waals surface area contributed by atoms with E-state index in [0.717, 1.165) is 5.92 Å². The van der Waals surface area contributed by atoms with Crippen LogP contribution in [0.5, 0.6) is 5.75 Å². The third kappa shape index (κ3) is 6.99. The van der Waals surface area contributed by atoms with Crippen LogP contribution in [0.3, 0.4) is 0 Å². The zero-order valence-corrected chi connectivity index (χ0v) is 15.1. The fourth-order valence-electron chi connectivity index (χ4n) is 2.96. The van der Waals surface area contributed by atoms with Crippen molar-refractivity contribution < 1.29 is 19.4 Å². The Hall–Kier alpha value is -2.10. The molecule has 1 unspecified atom stereocenters. The lowest BCUT2D eigenvalue weighted by molar-refractivity contribution is -0.130. The Balaban J connectivity index is 0.000000272. The van der Waals surface area contributed by atoms with Gasteiger partial charge in [0, 0.05) is 5.57 Å². The summed E-state index contributed by atoms with van der Waals surface area (Å²) < 4.78 is 4.86. The van der Waals surface area contributed by atoms with Gasteiger partial charge in [-0.1, -0.05) is 46.3 Å². The van der Waals surface area contributed by atoms with Crippen LogP contribution >= 0.6 is 0 Å². The second-order valence-electron chi connectivity index (χ2n) is 7.37. The van der Waals surface area contributed by atoms with Gasteiger partial charge in [-0.2, -0.15) is 0 Å². The number of carbonyl (C=O) groups excluding carboxylic acids is 1. The van der Waals surface area contributed by atoms with Crippen LogP contribution in [-0.4, -0.2) is 17.0 Å². The average molecular weight is 332 g/mol. The average Bonchev–Trinajstić information content (AvgIpc) is 2.46. The summed E-state index contributed by atoms with van der Waals surface area (Å²) in [5.41, 5.74) is 0.982. The summed E-state index contributed by atoms with van der Waals surface area (Å²) in [7, 11) is 0. The first-order valence-electron chi connectivity index (χ1n) is 8.32. The molecule has 0 aromatic heterocycles. The summed E-state index contributed by atoms with van der Waals surface area (Å²) in [6, 6.07) is 5.71. The van der Waals surface area contributed by atoms with Gasteiger partial charge in [0.2, 0.25) is 0 Å². The molecule has 1 aromatic rings. The molecule has 4 heteroatoms. The maximum absolute atomic E-state index is 11.1. The van der Waals surface area contributed by atoms with Gasteiger partial charge in [-0.3, -0.25) is 0 Å². The van der Waals surface area contributed by atoms with Crippen LogP contribution in [-0.2, 0) is 4.79 Å². The molecule has 1 aromatic carbocycles. The van der Waals surface area contributed by atoms with E-state index in [1.807, 2.05) is 0 Å².